The third-order valence-corrected chi connectivity index (χ3v) is 2.93. The molecule has 1 fully saturated rings. The Labute approximate surface area is 88.7 Å². The SMILES string of the molecule is FC(F)C1CCCN1Cc1ccccc1. The summed E-state index contributed by atoms with van der Waals surface area (Å²) >= 11 is 0. The number of rotatable bonds is 3. The molecule has 1 unspecified atom stereocenters. The van der Waals surface area contributed by atoms with E-state index in [0.717, 1.165) is 18.5 Å². The van der Waals surface area contributed by atoms with Gasteiger partial charge in [0.25, 0.3) is 6.43 Å². The first-order valence-corrected chi connectivity index (χ1v) is 5.33. The molecule has 0 bridgehead atoms. The Bertz CT molecular complexity index is 300. The zero-order valence-corrected chi connectivity index (χ0v) is 8.57. The van der Waals surface area contributed by atoms with E-state index in [0.29, 0.717) is 13.0 Å². The maximum absolute atomic E-state index is 12.7. The molecule has 1 saturated heterocycles. The number of hydrogen-bond donors (Lipinski definition) is 0. The number of benzene rings is 1. The van der Waals surface area contributed by atoms with Crippen LogP contribution in [0.1, 0.15) is 18.4 Å². The molecule has 1 aromatic rings. The third kappa shape index (κ3) is 2.53. The smallest absolute Gasteiger partial charge is 0.253 e. The zero-order valence-electron chi connectivity index (χ0n) is 8.57. The van der Waals surface area contributed by atoms with Crippen molar-refractivity contribution in [3.8, 4) is 0 Å². The van der Waals surface area contributed by atoms with Gasteiger partial charge in [-0.1, -0.05) is 30.3 Å². The van der Waals surface area contributed by atoms with Gasteiger partial charge < -0.3 is 0 Å². The summed E-state index contributed by atoms with van der Waals surface area (Å²) in [5.74, 6) is 0. The zero-order chi connectivity index (χ0) is 10.7. The Morgan fingerprint density at radius 2 is 2.00 bits per heavy atom. The van der Waals surface area contributed by atoms with E-state index in [4.69, 9.17) is 0 Å². The van der Waals surface area contributed by atoms with Gasteiger partial charge in [0.2, 0.25) is 0 Å². The normalized spacial score (nSPS) is 22.5. The van der Waals surface area contributed by atoms with Gasteiger partial charge in [-0.3, -0.25) is 4.90 Å². The van der Waals surface area contributed by atoms with Gasteiger partial charge in [-0.05, 0) is 24.9 Å². The van der Waals surface area contributed by atoms with E-state index in [-0.39, 0.29) is 0 Å². The van der Waals surface area contributed by atoms with Gasteiger partial charge in [0.1, 0.15) is 0 Å². The molecule has 0 radical (unpaired) electrons. The van der Waals surface area contributed by atoms with Gasteiger partial charge >= 0.3 is 0 Å². The van der Waals surface area contributed by atoms with Gasteiger partial charge in [0.15, 0.2) is 0 Å². The summed E-state index contributed by atoms with van der Waals surface area (Å²) in [4.78, 5) is 1.89. The molecule has 1 aliphatic heterocycles. The number of nitrogens with zero attached hydrogens (tertiary/aromatic N) is 1. The number of alkyl halides is 2. The first-order valence-electron chi connectivity index (χ1n) is 5.33. The van der Waals surface area contributed by atoms with Crippen molar-refractivity contribution in [3.05, 3.63) is 35.9 Å². The quantitative estimate of drug-likeness (QED) is 0.743. The second-order valence-corrected chi connectivity index (χ2v) is 4.00. The lowest BCUT2D eigenvalue weighted by molar-refractivity contribution is 0.0440. The lowest BCUT2D eigenvalue weighted by Crippen LogP contribution is -2.34. The molecule has 15 heavy (non-hydrogen) atoms. The van der Waals surface area contributed by atoms with Crippen molar-refractivity contribution in [2.75, 3.05) is 6.54 Å². The van der Waals surface area contributed by atoms with Crippen molar-refractivity contribution < 1.29 is 8.78 Å². The second-order valence-electron chi connectivity index (χ2n) is 4.00. The van der Waals surface area contributed by atoms with Gasteiger partial charge in [0, 0.05) is 6.54 Å². The lowest BCUT2D eigenvalue weighted by atomic mass is 10.2. The molecule has 0 aromatic heterocycles. The van der Waals surface area contributed by atoms with E-state index in [1.807, 2.05) is 35.2 Å². The van der Waals surface area contributed by atoms with Crippen LogP contribution >= 0.6 is 0 Å². The van der Waals surface area contributed by atoms with Crippen molar-refractivity contribution in [1.82, 2.24) is 4.90 Å². The summed E-state index contributed by atoms with van der Waals surface area (Å²) < 4.78 is 25.3. The predicted octanol–water partition coefficient (Wildman–Crippen LogP) is 2.92. The van der Waals surface area contributed by atoms with Crippen LogP contribution in [0.15, 0.2) is 30.3 Å². The molecule has 0 spiro atoms. The van der Waals surface area contributed by atoms with E-state index in [9.17, 15) is 8.78 Å². The van der Waals surface area contributed by atoms with Crippen LogP contribution in [0.2, 0.25) is 0 Å². The van der Waals surface area contributed by atoms with Crippen molar-refractivity contribution in [1.29, 1.82) is 0 Å². The molecule has 0 N–H and O–H groups in total. The van der Waals surface area contributed by atoms with Crippen LogP contribution in [0.5, 0.6) is 0 Å². The van der Waals surface area contributed by atoms with Crippen molar-refractivity contribution in [3.63, 3.8) is 0 Å². The average molecular weight is 211 g/mol. The number of likely N-dealkylation sites (tertiary alicyclic amines) is 1. The van der Waals surface area contributed by atoms with Gasteiger partial charge in [-0.15, -0.1) is 0 Å². The molecule has 0 saturated carbocycles. The Hall–Kier alpha value is -0.960. The summed E-state index contributed by atoms with van der Waals surface area (Å²) in [5, 5.41) is 0. The Kier molecular flexibility index (Phi) is 3.31. The average Bonchev–Trinajstić information content (AvgIpc) is 2.67. The fourth-order valence-electron chi connectivity index (χ4n) is 2.15. The molecule has 3 heteroatoms. The predicted molar refractivity (Wildman–Crippen MR) is 55.9 cm³/mol. The van der Waals surface area contributed by atoms with E-state index < -0.39 is 12.5 Å². The Morgan fingerprint density at radius 3 is 2.67 bits per heavy atom. The maximum Gasteiger partial charge on any atom is 0.253 e. The minimum Gasteiger partial charge on any atom is -0.291 e. The topological polar surface area (TPSA) is 3.24 Å². The van der Waals surface area contributed by atoms with Crippen LogP contribution in [0.25, 0.3) is 0 Å². The standard InChI is InChI=1S/C12H15F2N/c13-12(14)11-7-4-8-15(11)9-10-5-2-1-3-6-10/h1-3,5-6,11-12H,4,7-9H2. The van der Waals surface area contributed by atoms with E-state index in [2.05, 4.69) is 0 Å². The van der Waals surface area contributed by atoms with Crippen molar-refractivity contribution in [2.45, 2.75) is 31.9 Å². The first-order chi connectivity index (χ1) is 7.27. The van der Waals surface area contributed by atoms with Crippen LogP contribution in [-0.2, 0) is 6.54 Å². The molecule has 0 aliphatic carbocycles. The summed E-state index contributed by atoms with van der Waals surface area (Å²) in [7, 11) is 0. The summed E-state index contributed by atoms with van der Waals surface area (Å²) in [6.07, 6.45) is -0.692. The van der Waals surface area contributed by atoms with Crippen LogP contribution in [0.3, 0.4) is 0 Å². The van der Waals surface area contributed by atoms with Gasteiger partial charge in [0.05, 0.1) is 6.04 Å². The van der Waals surface area contributed by atoms with E-state index in [1.165, 1.54) is 0 Å². The largest absolute Gasteiger partial charge is 0.291 e. The van der Waals surface area contributed by atoms with Crippen LogP contribution in [0, 0.1) is 0 Å². The Balaban J connectivity index is 2.00. The highest BCUT2D eigenvalue weighted by Gasteiger charge is 2.31. The second kappa shape index (κ2) is 4.71. The molecule has 0 amide bonds. The van der Waals surface area contributed by atoms with Crippen molar-refractivity contribution >= 4 is 0 Å². The highest BCUT2D eigenvalue weighted by Crippen LogP contribution is 2.24. The van der Waals surface area contributed by atoms with E-state index >= 15 is 0 Å². The van der Waals surface area contributed by atoms with Gasteiger partial charge in [-0.2, -0.15) is 0 Å². The summed E-state index contributed by atoms with van der Waals surface area (Å²) in [6, 6.07) is 9.27. The molecule has 82 valence electrons. The van der Waals surface area contributed by atoms with E-state index in [1.54, 1.807) is 0 Å². The first kappa shape index (κ1) is 10.6. The van der Waals surface area contributed by atoms with Crippen LogP contribution in [-0.4, -0.2) is 23.9 Å². The summed E-state index contributed by atoms with van der Waals surface area (Å²) in [5.41, 5.74) is 1.12. The maximum atomic E-state index is 12.7. The van der Waals surface area contributed by atoms with Gasteiger partial charge in [-0.25, -0.2) is 8.78 Å². The molecule has 2 rings (SSSR count). The molecule has 1 nitrogen and oxygen atoms in total. The molecule has 1 aliphatic rings. The summed E-state index contributed by atoms with van der Waals surface area (Å²) in [6.45, 7) is 1.44. The number of hydrogen-bond acceptors (Lipinski definition) is 1. The highest BCUT2D eigenvalue weighted by atomic mass is 19.3. The number of halogens is 2. The van der Waals surface area contributed by atoms with Crippen LogP contribution in [0.4, 0.5) is 8.78 Å². The van der Waals surface area contributed by atoms with Crippen LogP contribution < -0.4 is 0 Å². The fraction of sp³-hybridized carbons (Fsp3) is 0.500. The minimum atomic E-state index is -2.21. The lowest BCUT2D eigenvalue weighted by Gasteiger charge is -2.23. The molecular formula is C12H15F2N. The van der Waals surface area contributed by atoms with Crippen molar-refractivity contribution in [2.24, 2.45) is 0 Å². The monoisotopic (exact) mass is 211 g/mol. The third-order valence-electron chi connectivity index (χ3n) is 2.93. The Morgan fingerprint density at radius 1 is 1.27 bits per heavy atom. The molecule has 1 aromatic carbocycles. The molecule has 1 atom stereocenters. The highest BCUT2D eigenvalue weighted by molar-refractivity contribution is 5.14. The fourth-order valence-corrected chi connectivity index (χ4v) is 2.15. The minimum absolute atomic E-state index is 0.537. The molecular weight excluding hydrogens is 196 g/mol. The molecule has 1 heterocycles.